The van der Waals surface area contributed by atoms with Crippen LogP contribution in [0.15, 0.2) is 54.8 Å². The summed E-state index contributed by atoms with van der Waals surface area (Å²) in [6.45, 7) is 11.0. The van der Waals surface area contributed by atoms with Gasteiger partial charge in [-0.15, -0.1) is 24.8 Å². The number of aromatic nitrogens is 2. The number of nitrogens with zero attached hydrogens (tertiary/aromatic N) is 5. The van der Waals surface area contributed by atoms with Gasteiger partial charge in [-0.3, -0.25) is 4.90 Å². The zero-order valence-corrected chi connectivity index (χ0v) is 32.6. The van der Waals surface area contributed by atoms with E-state index in [-0.39, 0.29) is 74.2 Å². The Morgan fingerprint density at radius 2 is 1.20 bits per heavy atom. The Morgan fingerprint density at radius 3 is 1.62 bits per heavy atom. The van der Waals surface area contributed by atoms with Crippen LogP contribution in [0.2, 0.25) is 0 Å². The van der Waals surface area contributed by atoms with Gasteiger partial charge in [0.15, 0.2) is 0 Å². The fourth-order valence-electron chi connectivity index (χ4n) is 6.09. The van der Waals surface area contributed by atoms with E-state index in [4.69, 9.17) is 13.6 Å². The Morgan fingerprint density at radius 1 is 0.768 bits per heavy atom. The molecule has 2 saturated heterocycles. The van der Waals surface area contributed by atoms with Crippen molar-refractivity contribution in [2.45, 2.75) is 65.3 Å². The summed E-state index contributed by atoms with van der Waals surface area (Å²) in [5, 5.41) is 27.1. The average molecular weight is 833 g/mol. The summed E-state index contributed by atoms with van der Waals surface area (Å²) in [5.41, 5.74) is -0.0580. The van der Waals surface area contributed by atoms with E-state index in [9.17, 15) is 33.4 Å². The Balaban J connectivity index is 0.000000378. The third-order valence-corrected chi connectivity index (χ3v) is 8.62. The molecule has 19 heteroatoms. The van der Waals surface area contributed by atoms with Crippen LogP contribution >= 0.6 is 24.8 Å². The first-order valence-corrected chi connectivity index (χ1v) is 17.7. The molecule has 15 nitrogen and oxygen atoms in total. The highest BCUT2D eigenvalue weighted by molar-refractivity contribution is 5.88. The smallest absolute Gasteiger partial charge is 0.441 e. The van der Waals surface area contributed by atoms with E-state index >= 15 is 0 Å². The number of piperidine rings is 1. The highest BCUT2D eigenvalue weighted by atomic mass is 35.5. The van der Waals surface area contributed by atoms with E-state index < -0.39 is 41.0 Å². The molecule has 4 N–H and O–H groups in total. The van der Waals surface area contributed by atoms with Gasteiger partial charge in [0.1, 0.15) is 40.0 Å². The number of carbonyl (C=O) groups is 1. The molecule has 0 spiro atoms. The first kappa shape index (κ1) is 48.0. The number of halogens is 4. The standard InChI is InChI=1S/C20H27FN4O5.C16H20FN3O3.CH4.2ClH/c1-20(2,3)30-19(28)25-8-6-24(7-9-25)12-14(26)11-22-17-15-10-13(21)4-5-16(15)29-18(27)23-17;17-11-4-5-14-13(8-11)15(19-16(22)23-14)18-9-12(21)10-20-6-2-1-3-7-20;;;/h4-5,10,14,26H,6-9,11-12H2,1-3H3,(H,22,23,27);4-5,8,12,21H,1-3,6-7,9-10H2,(H,18,19,22);1H4;2*1H. The number of carbonyl (C=O) groups excluding carboxylic acids is 1. The number of hydrogen-bond donors (Lipinski definition) is 4. The van der Waals surface area contributed by atoms with Gasteiger partial charge < -0.3 is 44.2 Å². The molecule has 2 aromatic carbocycles. The number of piperazine rings is 1. The number of β-amino-alcohol motifs (C(OH)–C–C–N with tert-alkyl or cyclic N) is 2. The lowest BCUT2D eigenvalue weighted by molar-refractivity contribution is 0.0108. The maximum atomic E-state index is 13.5. The Bertz CT molecular complexity index is 1970. The second kappa shape index (κ2) is 22.0. The summed E-state index contributed by atoms with van der Waals surface area (Å²) >= 11 is 0. The number of nitrogens with one attached hydrogen (secondary N) is 2. The number of benzene rings is 2. The number of ether oxygens (including phenoxy) is 1. The highest BCUT2D eigenvalue weighted by Gasteiger charge is 2.26. The van der Waals surface area contributed by atoms with E-state index in [1.165, 1.54) is 42.8 Å². The number of rotatable bonds is 10. The molecule has 1 amide bonds. The Kier molecular flexibility index (Phi) is 18.8. The number of fused-ring (bicyclic) bond motifs is 2. The number of amides is 1. The third kappa shape index (κ3) is 14.4. The normalized spacial score (nSPS) is 15.9. The van der Waals surface area contributed by atoms with Crippen LogP contribution in [0, 0.1) is 11.6 Å². The minimum absolute atomic E-state index is 0. The first-order valence-electron chi connectivity index (χ1n) is 17.7. The summed E-state index contributed by atoms with van der Waals surface area (Å²) in [7, 11) is 0. The van der Waals surface area contributed by atoms with Crippen molar-refractivity contribution in [1.82, 2.24) is 24.7 Å². The summed E-state index contributed by atoms with van der Waals surface area (Å²) in [6, 6.07) is 7.64. The lowest BCUT2D eigenvalue weighted by Gasteiger charge is -2.36. The molecule has 312 valence electrons. The van der Waals surface area contributed by atoms with E-state index in [1.54, 1.807) is 4.90 Å². The SMILES string of the molecule is C.CC(C)(C)OC(=O)N1CCN(CC(O)CNc2nc(=O)oc3ccc(F)cc23)CC1.Cl.Cl.O=c1nc(NCC(O)CN2CCCCC2)c2cc(F)ccc2o1. The highest BCUT2D eigenvalue weighted by Crippen LogP contribution is 2.22. The van der Waals surface area contributed by atoms with Crippen LogP contribution < -0.4 is 22.1 Å². The summed E-state index contributed by atoms with van der Waals surface area (Å²) in [5.74, 6) is -2.08. The van der Waals surface area contributed by atoms with Gasteiger partial charge in [0.2, 0.25) is 0 Å². The molecule has 0 radical (unpaired) electrons. The zero-order chi connectivity index (χ0) is 38.1. The Hall–Kier alpha value is -4.13. The van der Waals surface area contributed by atoms with Crippen molar-refractivity contribution in [3.05, 3.63) is 69.1 Å². The molecule has 0 bridgehead atoms. The predicted octanol–water partition coefficient (Wildman–Crippen LogP) is 4.72. The maximum absolute atomic E-state index is 13.5. The number of likely N-dealkylation sites (tertiary alicyclic amines) is 1. The van der Waals surface area contributed by atoms with Gasteiger partial charge in [-0.2, -0.15) is 9.97 Å². The molecule has 0 saturated carbocycles. The van der Waals surface area contributed by atoms with E-state index in [0.29, 0.717) is 50.0 Å². The number of anilines is 2. The lowest BCUT2D eigenvalue weighted by atomic mass is 10.1. The molecule has 0 aliphatic carbocycles. The monoisotopic (exact) mass is 831 g/mol. The molecule has 2 aliphatic rings. The van der Waals surface area contributed by atoms with Crippen molar-refractivity contribution in [2.24, 2.45) is 0 Å². The van der Waals surface area contributed by atoms with Gasteiger partial charge in [0.05, 0.1) is 23.0 Å². The Labute approximate surface area is 336 Å². The minimum Gasteiger partial charge on any atom is -0.444 e. The van der Waals surface area contributed by atoms with Gasteiger partial charge in [0, 0.05) is 52.4 Å². The second-order valence-corrected chi connectivity index (χ2v) is 14.1. The van der Waals surface area contributed by atoms with Gasteiger partial charge >= 0.3 is 17.6 Å². The minimum atomic E-state index is -0.802. The van der Waals surface area contributed by atoms with Crippen molar-refractivity contribution < 1.29 is 37.4 Å². The van der Waals surface area contributed by atoms with E-state index in [2.05, 4.69) is 25.5 Å². The topological polar surface area (TPSA) is 187 Å². The van der Waals surface area contributed by atoms with Crippen LogP contribution in [-0.2, 0) is 4.74 Å². The fraction of sp³-hybridized carbons (Fsp3) is 0.541. The first-order chi connectivity index (χ1) is 25.2. The van der Waals surface area contributed by atoms with Gasteiger partial charge in [0.25, 0.3) is 0 Å². The van der Waals surface area contributed by atoms with E-state index in [1.807, 2.05) is 25.7 Å². The van der Waals surface area contributed by atoms with Crippen LogP contribution in [-0.4, -0.2) is 124 Å². The number of aliphatic hydroxyl groups is 2. The molecule has 6 rings (SSSR count). The summed E-state index contributed by atoms with van der Waals surface area (Å²) in [6.07, 6.45) is 1.88. The molecule has 2 aliphatic heterocycles. The van der Waals surface area contributed by atoms with E-state index in [0.717, 1.165) is 25.9 Å². The van der Waals surface area contributed by atoms with Gasteiger partial charge in [-0.25, -0.2) is 23.2 Å². The van der Waals surface area contributed by atoms with Gasteiger partial charge in [-0.1, -0.05) is 13.8 Å². The average Bonchev–Trinajstić information content (AvgIpc) is 3.10. The molecule has 2 atom stereocenters. The molecular weight excluding hydrogens is 779 g/mol. The molecule has 2 fully saturated rings. The number of hydrogen-bond acceptors (Lipinski definition) is 14. The van der Waals surface area contributed by atoms with Crippen LogP contribution in [0.1, 0.15) is 47.5 Å². The largest absolute Gasteiger partial charge is 0.444 e. The molecule has 4 heterocycles. The fourth-order valence-corrected chi connectivity index (χ4v) is 6.09. The zero-order valence-electron chi connectivity index (χ0n) is 31.0. The molecule has 4 aromatic rings. The van der Waals surface area contributed by atoms with Crippen molar-refractivity contribution in [1.29, 1.82) is 0 Å². The molecular formula is C37H53Cl2F2N7O8. The van der Waals surface area contributed by atoms with Crippen molar-refractivity contribution in [3.8, 4) is 0 Å². The molecule has 2 unspecified atom stereocenters. The number of aliphatic hydroxyl groups excluding tert-OH is 2. The summed E-state index contributed by atoms with van der Waals surface area (Å²) in [4.78, 5) is 48.6. The molecule has 56 heavy (non-hydrogen) atoms. The van der Waals surface area contributed by atoms with Crippen molar-refractivity contribution in [2.75, 3.05) is 76.1 Å². The lowest BCUT2D eigenvalue weighted by Crippen LogP contribution is -2.52. The van der Waals surface area contributed by atoms with Crippen LogP contribution in [0.3, 0.4) is 0 Å². The predicted molar refractivity (Wildman–Crippen MR) is 215 cm³/mol. The van der Waals surface area contributed by atoms with Crippen LogP contribution in [0.5, 0.6) is 0 Å². The molecule has 2 aromatic heterocycles. The maximum Gasteiger partial charge on any atom is 0.441 e. The van der Waals surface area contributed by atoms with Gasteiger partial charge in [-0.05, 0) is 83.1 Å². The van der Waals surface area contributed by atoms with Crippen LogP contribution in [0.25, 0.3) is 21.9 Å². The quantitative estimate of drug-likeness (QED) is 0.172. The second-order valence-electron chi connectivity index (χ2n) is 14.1. The summed E-state index contributed by atoms with van der Waals surface area (Å²) < 4.78 is 42.2. The van der Waals surface area contributed by atoms with Crippen LogP contribution in [0.4, 0.5) is 25.2 Å². The van der Waals surface area contributed by atoms with Crippen molar-refractivity contribution in [3.63, 3.8) is 0 Å². The third-order valence-electron chi connectivity index (χ3n) is 8.62. The van der Waals surface area contributed by atoms with Crippen molar-refractivity contribution >= 4 is 64.5 Å².